The number of aryl methyl sites for hydroxylation is 1. The fourth-order valence-electron chi connectivity index (χ4n) is 2.01. The molecule has 2 aromatic rings. The topological polar surface area (TPSA) is 68.2 Å². The Kier molecular flexibility index (Phi) is 6.41. The Balaban J connectivity index is 1.83. The minimum Gasteiger partial charge on any atom is -0.314 e. The van der Waals surface area contributed by atoms with Gasteiger partial charge in [0, 0.05) is 34.8 Å². The first kappa shape index (κ1) is 18.2. The standard InChI is InChI=1S/C15H16BrClN2O3S/c16-12-6-7-15(20)19(11-12)9-2-1-8-18-23(21,22)14-5-3-4-13(17)10-14/h3-7,10-11,18H,1-2,8-9H2. The minimum atomic E-state index is -3.55. The monoisotopic (exact) mass is 418 g/mol. The van der Waals surface area contributed by atoms with Crippen molar-refractivity contribution in [2.45, 2.75) is 24.3 Å². The van der Waals surface area contributed by atoms with Gasteiger partial charge in [-0.05, 0) is 53.0 Å². The van der Waals surface area contributed by atoms with Gasteiger partial charge in [0.2, 0.25) is 10.0 Å². The molecule has 124 valence electrons. The third kappa shape index (κ3) is 5.46. The normalized spacial score (nSPS) is 11.6. The molecule has 0 fully saturated rings. The van der Waals surface area contributed by atoms with E-state index in [0.717, 1.165) is 4.47 Å². The highest BCUT2D eigenvalue weighted by molar-refractivity contribution is 9.10. The second-order valence-electron chi connectivity index (χ2n) is 4.94. The van der Waals surface area contributed by atoms with E-state index in [4.69, 9.17) is 11.6 Å². The van der Waals surface area contributed by atoms with Gasteiger partial charge in [-0.2, -0.15) is 0 Å². The van der Waals surface area contributed by atoms with Gasteiger partial charge >= 0.3 is 0 Å². The highest BCUT2D eigenvalue weighted by atomic mass is 79.9. The van der Waals surface area contributed by atoms with Crippen molar-refractivity contribution in [2.24, 2.45) is 0 Å². The minimum absolute atomic E-state index is 0.0762. The van der Waals surface area contributed by atoms with Gasteiger partial charge in [0.25, 0.3) is 5.56 Å². The number of halogens is 2. The Labute approximate surface area is 148 Å². The molecule has 0 radical (unpaired) electrons. The third-order valence-electron chi connectivity index (χ3n) is 3.17. The lowest BCUT2D eigenvalue weighted by atomic mass is 10.3. The van der Waals surface area contributed by atoms with Crippen molar-refractivity contribution < 1.29 is 8.42 Å². The SMILES string of the molecule is O=c1ccc(Br)cn1CCCCNS(=O)(=O)c1cccc(Cl)c1. The van der Waals surface area contributed by atoms with E-state index in [1.54, 1.807) is 29.0 Å². The lowest BCUT2D eigenvalue weighted by molar-refractivity contribution is 0.561. The lowest BCUT2D eigenvalue weighted by Gasteiger charge is -2.08. The zero-order chi connectivity index (χ0) is 16.9. The maximum absolute atomic E-state index is 12.1. The molecule has 23 heavy (non-hydrogen) atoms. The summed E-state index contributed by atoms with van der Waals surface area (Å²) in [6, 6.07) is 9.30. The molecule has 0 unspecified atom stereocenters. The summed E-state index contributed by atoms with van der Waals surface area (Å²) in [5.41, 5.74) is -0.0762. The van der Waals surface area contributed by atoms with Crippen LogP contribution in [0.15, 0.2) is 56.8 Å². The van der Waals surface area contributed by atoms with Gasteiger partial charge in [-0.15, -0.1) is 0 Å². The summed E-state index contributed by atoms with van der Waals surface area (Å²) in [6.45, 7) is 0.842. The van der Waals surface area contributed by atoms with E-state index in [1.165, 1.54) is 18.2 Å². The fraction of sp³-hybridized carbons (Fsp3) is 0.267. The summed E-state index contributed by atoms with van der Waals surface area (Å²) in [5, 5.41) is 0.377. The van der Waals surface area contributed by atoms with E-state index >= 15 is 0 Å². The molecule has 0 spiro atoms. The Bertz CT molecular complexity index is 837. The molecule has 8 heteroatoms. The van der Waals surface area contributed by atoms with Crippen LogP contribution in [0.1, 0.15) is 12.8 Å². The number of pyridine rings is 1. The van der Waals surface area contributed by atoms with Crippen LogP contribution >= 0.6 is 27.5 Å². The molecule has 1 N–H and O–H groups in total. The van der Waals surface area contributed by atoms with Gasteiger partial charge in [0.05, 0.1) is 4.90 Å². The number of benzene rings is 1. The van der Waals surface area contributed by atoms with Crippen molar-refractivity contribution in [3.8, 4) is 0 Å². The number of nitrogens with one attached hydrogen (secondary N) is 1. The van der Waals surface area contributed by atoms with Crippen molar-refractivity contribution in [1.82, 2.24) is 9.29 Å². The van der Waals surface area contributed by atoms with E-state index in [-0.39, 0.29) is 10.5 Å². The van der Waals surface area contributed by atoms with Crippen LogP contribution in [0.3, 0.4) is 0 Å². The van der Waals surface area contributed by atoms with Gasteiger partial charge < -0.3 is 4.57 Å². The summed E-state index contributed by atoms with van der Waals surface area (Å²) in [6.07, 6.45) is 3.03. The Morgan fingerprint density at radius 2 is 1.96 bits per heavy atom. The maximum atomic E-state index is 12.1. The smallest absolute Gasteiger partial charge is 0.250 e. The number of sulfonamides is 1. The first-order chi connectivity index (χ1) is 10.9. The zero-order valence-electron chi connectivity index (χ0n) is 12.2. The van der Waals surface area contributed by atoms with Crippen LogP contribution in [0.25, 0.3) is 0 Å². The zero-order valence-corrected chi connectivity index (χ0v) is 15.4. The predicted octanol–water partition coefficient (Wildman–Crippen LogP) is 3.02. The van der Waals surface area contributed by atoms with Gasteiger partial charge in [0.1, 0.15) is 0 Å². The van der Waals surface area contributed by atoms with Gasteiger partial charge in [0.15, 0.2) is 0 Å². The lowest BCUT2D eigenvalue weighted by Crippen LogP contribution is -2.25. The van der Waals surface area contributed by atoms with Crippen molar-refractivity contribution in [3.63, 3.8) is 0 Å². The molecule has 0 saturated carbocycles. The highest BCUT2D eigenvalue weighted by Crippen LogP contribution is 2.15. The van der Waals surface area contributed by atoms with Crippen molar-refractivity contribution in [1.29, 1.82) is 0 Å². The van der Waals surface area contributed by atoms with Crippen LogP contribution in [-0.2, 0) is 16.6 Å². The van der Waals surface area contributed by atoms with Crippen LogP contribution in [0, 0.1) is 0 Å². The molecular formula is C15H16BrClN2O3S. The third-order valence-corrected chi connectivity index (χ3v) is 5.33. The number of unbranched alkanes of at least 4 members (excludes halogenated alkanes) is 1. The van der Waals surface area contributed by atoms with E-state index in [1.807, 2.05) is 0 Å². The molecule has 0 atom stereocenters. The Morgan fingerprint density at radius 3 is 2.70 bits per heavy atom. The number of aromatic nitrogens is 1. The molecule has 0 aliphatic rings. The van der Waals surface area contributed by atoms with Crippen molar-refractivity contribution in [2.75, 3.05) is 6.54 Å². The van der Waals surface area contributed by atoms with Crippen molar-refractivity contribution in [3.05, 3.63) is 62.4 Å². The van der Waals surface area contributed by atoms with Crippen LogP contribution in [0.2, 0.25) is 5.02 Å². The first-order valence-electron chi connectivity index (χ1n) is 7.00. The fourth-order valence-corrected chi connectivity index (χ4v) is 3.76. The molecule has 0 aliphatic heterocycles. The number of hydrogen-bond acceptors (Lipinski definition) is 3. The van der Waals surface area contributed by atoms with E-state index in [2.05, 4.69) is 20.7 Å². The van der Waals surface area contributed by atoms with Gasteiger partial charge in [-0.3, -0.25) is 4.79 Å². The molecule has 2 rings (SSSR count). The average molecular weight is 420 g/mol. The average Bonchev–Trinajstić information content (AvgIpc) is 2.50. The molecule has 0 bridgehead atoms. The maximum Gasteiger partial charge on any atom is 0.250 e. The van der Waals surface area contributed by atoms with E-state index in [9.17, 15) is 13.2 Å². The summed E-state index contributed by atoms with van der Waals surface area (Å²) < 4.78 is 29.1. The second-order valence-corrected chi connectivity index (χ2v) is 8.06. The van der Waals surface area contributed by atoms with E-state index in [0.29, 0.717) is 31.0 Å². The predicted molar refractivity (Wildman–Crippen MR) is 94.3 cm³/mol. The number of rotatable bonds is 7. The largest absolute Gasteiger partial charge is 0.314 e. The molecular weight excluding hydrogens is 404 g/mol. The molecule has 0 saturated heterocycles. The quantitative estimate of drug-likeness (QED) is 0.701. The Hall–Kier alpha value is -1.15. The second kappa shape index (κ2) is 8.10. The van der Waals surface area contributed by atoms with Crippen LogP contribution in [0.5, 0.6) is 0 Å². The number of nitrogens with zero attached hydrogens (tertiary/aromatic N) is 1. The highest BCUT2D eigenvalue weighted by Gasteiger charge is 2.13. The van der Waals surface area contributed by atoms with Crippen LogP contribution in [-0.4, -0.2) is 19.5 Å². The van der Waals surface area contributed by atoms with Crippen LogP contribution < -0.4 is 10.3 Å². The van der Waals surface area contributed by atoms with Crippen molar-refractivity contribution >= 4 is 37.6 Å². The molecule has 1 aromatic carbocycles. The first-order valence-corrected chi connectivity index (χ1v) is 9.65. The summed E-state index contributed by atoms with van der Waals surface area (Å²) >= 11 is 9.12. The summed E-state index contributed by atoms with van der Waals surface area (Å²) in [5.74, 6) is 0. The Morgan fingerprint density at radius 1 is 1.17 bits per heavy atom. The molecule has 0 aliphatic carbocycles. The van der Waals surface area contributed by atoms with Gasteiger partial charge in [-0.1, -0.05) is 17.7 Å². The van der Waals surface area contributed by atoms with Gasteiger partial charge in [-0.25, -0.2) is 13.1 Å². The van der Waals surface area contributed by atoms with E-state index < -0.39 is 10.0 Å². The van der Waals surface area contributed by atoms with Crippen LogP contribution in [0.4, 0.5) is 0 Å². The molecule has 5 nitrogen and oxygen atoms in total. The summed E-state index contributed by atoms with van der Waals surface area (Å²) in [4.78, 5) is 11.8. The molecule has 1 heterocycles. The molecule has 0 amide bonds. The summed E-state index contributed by atoms with van der Waals surface area (Å²) in [7, 11) is -3.55. The molecule has 1 aromatic heterocycles. The number of hydrogen-bond donors (Lipinski definition) is 1.